The first-order valence-corrected chi connectivity index (χ1v) is 22.3. The van der Waals surface area contributed by atoms with E-state index >= 15 is 0 Å². The van der Waals surface area contributed by atoms with E-state index in [4.69, 9.17) is 9.16 Å². The number of fused-ring (bicyclic) bond motifs is 3. The highest BCUT2D eigenvalue weighted by atomic mass is 28.4. The summed E-state index contributed by atoms with van der Waals surface area (Å²) in [6.45, 7) is 9.62. The van der Waals surface area contributed by atoms with Crippen molar-refractivity contribution in [2.45, 2.75) is 58.1 Å². The summed E-state index contributed by atoms with van der Waals surface area (Å²) < 4.78 is 14.2. The highest BCUT2D eigenvalue weighted by Gasteiger charge is 2.58. The van der Waals surface area contributed by atoms with E-state index in [1.165, 1.54) is 15.3 Å². The molecular weight excluding hydrogens is 737 g/mol. The van der Waals surface area contributed by atoms with Gasteiger partial charge in [-0.25, -0.2) is 0 Å². The number of phenols is 1. The number of carbonyl (C=O) groups excluding carboxylic acids is 2. The third kappa shape index (κ3) is 7.48. The normalized spacial score (nSPS) is 21.0. The second-order valence-electron chi connectivity index (χ2n) is 16.9. The van der Waals surface area contributed by atoms with Crippen LogP contribution in [0.3, 0.4) is 0 Å². The zero-order valence-corrected chi connectivity index (χ0v) is 34.7. The number of hydrogen-bond donors (Lipinski definition) is 2. The van der Waals surface area contributed by atoms with Crippen molar-refractivity contribution in [1.82, 2.24) is 0 Å². The molecule has 8 rings (SSSR count). The van der Waals surface area contributed by atoms with Gasteiger partial charge < -0.3 is 19.6 Å². The van der Waals surface area contributed by atoms with E-state index in [0.717, 1.165) is 40.1 Å². The topological polar surface area (TPSA) is 88.1 Å². The first-order valence-electron chi connectivity index (χ1n) is 20.4. The minimum Gasteiger partial charge on any atom is -0.507 e. The molecule has 2 fully saturated rings. The fraction of sp³-hybridized carbons (Fsp3) is 0.280. The van der Waals surface area contributed by atoms with Crippen molar-refractivity contribution in [1.29, 1.82) is 0 Å². The number of ether oxygens (including phenoxy) is 1. The highest BCUT2D eigenvalue weighted by molar-refractivity contribution is 6.99. The van der Waals surface area contributed by atoms with E-state index in [1.807, 2.05) is 91.0 Å². The Bertz CT molecular complexity index is 2280. The van der Waals surface area contributed by atoms with Crippen LogP contribution in [-0.4, -0.2) is 44.6 Å². The first kappa shape index (κ1) is 39.3. The molecule has 0 aromatic heterocycles. The Morgan fingerprint density at radius 2 is 1.38 bits per heavy atom. The number of benzene rings is 5. The molecule has 296 valence electrons. The molecule has 8 heteroatoms. The Labute approximate surface area is 343 Å². The van der Waals surface area contributed by atoms with Gasteiger partial charge in [0.2, 0.25) is 11.8 Å². The van der Waals surface area contributed by atoms with Crippen LogP contribution >= 0.6 is 0 Å². The molecule has 0 spiro atoms. The molecule has 4 atom stereocenters. The van der Waals surface area contributed by atoms with Gasteiger partial charge >= 0.3 is 0 Å². The molecule has 3 aliphatic rings. The average Bonchev–Trinajstić information content (AvgIpc) is 3.76. The number of anilines is 3. The number of carbonyl (C=O) groups is 2. The Kier molecular flexibility index (Phi) is 11.1. The molecule has 58 heavy (non-hydrogen) atoms. The second-order valence-corrected chi connectivity index (χ2v) is 21.2. The summed E-state index contributed by atoms with van der Waals surface area (Å²) in [7, 11) is -2.92. The van der Waals surface area contributed by atoms with Crippen molar-refractivity contribution in [3.05, 3.63) is 162 Å². The lowest BCUT2D eigenvalue weighted by Crippen LogP contribution is -2.66. The molecule has 2 amide bonds. The summed E-state index contributed by atoms with van der Waals surface area (Å²) in [5.74, 6) is -1.32. The van der Waals surface area contributed by atoms with Crippen LogP contribution < -0.4 is 20.6 Å². The van der Waals surface area contributed by atoms with Crippen molar-refractivity contribution in [3.8, 4) is 5.75 Å². The molecule has 1 aliphatic carbocycles. The molecule has 0 bridgehead atoms. The Morgan fingerprint density at radius 1 is 0.793 bits per heavy atom. The van der Waals surface area contributed by atoms with Gasteiger partial charge in [-0.15, -0.1) is 0 Å². The number of para-hydroxylation sites is 2. The van der Waals surface area contributed by atoms with Crippen LogP contribution in [-0.2, 0) is 18.8 Å². The Hall–Kier alpha value is -5.54. The Morgan fingerprint density at radius 3 is 2.00 bits per heavy atom. The molecule has 0 radical (unpaired) electrons. The van der Waals surface area contributed by atoms with Crippen LogP contribution in [0.5, 0.6) is 5.75 Å². The number of nitrogens with zero attached hydrogens (tertiary/aromatic N) is 1. The van der Waals surface area contributed by atoms with Crippen molar-refractivity contribution >= 4 is 53.6 Å². The lowest BCUT2D eigenvalue weighted by molar-refractivity contribution is -0.122. The van der Waals surface area contributed by atoms with Crippen LogP contribution in [0.4, 0.5) is 17.1 Å². The smallest absolute Gasteiger partial charge is 0.261 e. The van der Waals surface area contributed by atoms with Crippen LogP contribution in [0.25, 0.3) is 6.08 Å². The molecule has 0 saturated carbocycles. The molecule has 2 aliphatic heterocycles. The van der Waals surface area contributed by atoms with Gasteiger partial charge in [0.25, 0.3) is 8.32 Å². The summed E-state index contributed by atoms with van der Waals surface area (Å²) in [6.07, 6.45) is 3.70. The predicted octanol–water partition coefficient (Wildman–Crippen LogP) is 9.42. The van der Waals surface area contributed by atoms with Crippen LogP contribution in [0, 0.1) is 17.8 Å². The van der Waals surface area contributed by atoms with Gasteiger partial charge in [0, 0.05) is 22.9 Å². The maximum absolute atomic E-state index is 14.6. The number of rotatable bonds is 12. The largest absolute Gasteiger partial charge is 0.507 e. The average molecular weight is 789 g/mol. The lowest BCUT2D eigenvalue weighted by Gasteiger charge is -2.44. The van der Waals surface area contributed by atoms with Crippen LogP contribution in [0.1, 0.15) is 52.5 Å². The maximum atomic E-state index is 14.6. The third-order valence-corrected chi connectivity index (χ3v) is 17.2. The summed E-state index contributed by atoms with van der Waals surface area (Å²) in [5.41, 5.74) is 6.52. The molecule has 2 N–H and O–H groups in total. The Balaban J connectivity index is 1.13. The van der Waals surface area contributed by atoms with Crippen molar-refractivity contribution in [3.63, 3.8) is 0 Å². The van der Waals surface area contributed by atoms with Gasteiger partial charge in [-0.1, -0.05) is 129 Å². The first-order chi connectivity index (χ1) is 28.0. The number of allylic oxidation sites excluding steroid dienone is 1. The molecule has 7 nitrogen and oxygen atoms in total. The summed E-state index contributed by atoms with van der Waals surface area (Å²) in [4.78, 5) is 30.5. The predicted molar refractivity (Wildman–Crippen MR) is 235 cm³/mol. The van der Waals surface area contributed by atoms with E-state index in [-0.39, 0.29) is 34.6 Å². The van der Waals surface area contributed by atoms with Gasteiger partial charge in [-0.05, 0) is 95.2 Å². The third-order valence-electron chi connectivity index (χ3n) is 12.2. The second kappa shape index (κ2) is 16.4. The highest BCUT2D eigenvalue weighted by Crippen LogP contribution is 2.51. The number of imide groups is 1. The quantitative estimate of drug-likeness (QED) is 0.0745. The minimum absolute atomic E-state index is 0.159. The van der Waals surface area contributed by atoms with Crippen molar-refractivity contribution < 1.29 is 23.9 Å². The molecule has 5 aromatic rings. The fourth-order valence-corrected chi connectivity index (χ4v) is 14.1. The van der Waals surface area contributed by atoms with Crippen LogP contribution in [0.2, 0.25) is 5.04 Å². The molecule has 0 unspecified atom stereocenters. The van der Waals surface area contributed by atoms with Crippen molar-refractivity contribution in [2.75, 3.05) is 23.4 Å². The van der Waals surface area contributed by atoms with E-state index in [2.05, 4.69) is 81.5 Å². The zero-order valence-electron chi connectivity index (χ0n) is 33.7. The van der Waals surface area contributed by atoms with Crippen LogP contribution in [0.15, 0.2) is 156 Å². The van der Waals surface area contributed by atoms with E-state index in [9.17, 15) is 14.7 Å². The van der Waals surface area contributed by atoms with Gasteiger partial charge in [0.15, 0.2) is 0 Å². The minimum atomic E-state index is -2.92. The van der Waals surface area contributed by atoms with E-state index < -0.39 is 20.2 Å². The standard InChI is InChI=1S/C50H52N2O5Si/c1-34(30-35-16-14-15-23-44(35)53)24-29-45-46-36(32-57-58(50(2,3)4,40-19-10-6-11-20-40)41-21-12-7-13-22-41)31-42-47(43(46)33-56-45)49(55)52(48(42)54)39-27-25-38(26-28-39)51-37-17-8-5-9-18-37/h5-23,25-28,30,42-43,45,47,51,53H,24,29,31-33H2,1-4H3/b34-30+/t42-,43+,45-,47-/m1/s1. The zero-order chi connectivity index (χ0) is 40.4. The number of nitrogens with one attached hydrogen (secondary N) is 1. The lowest BCUT2D eigenvalue weighted by atomic mass is 9.69. The van der Waals surface area contributed by atoms with Gasteiger partial charge in [-0.3, -0.25) is 14.5 Å². The molecule has 2 heterocycles. The van der Waals surface area contributed by atoms with E-state index in [0.29, 0.717) is 31.7 Å². The number of phenolic OH excluding ortho intramolecular Hbond substituents is 1. The maximum Gasteiger partial charge on any atom is 0.261 e. The van der Waals surface area contributed by atoms with Gasteiger partial charge in [0.05, 0.1) is 36.8 Å². The van der Waals surface area contributed by atoms with E-state index in [1.54, 1.807) is 6.07 Å². The summed E-state index contributed by atoms with van der Waals surface area (Å²) in [6, 6.07) is 46.0. The van der Waals surface area contributed by atoms with Gasteiger partial charge in [-0.2, -0.15) is 0 Å². The summed E-state index contributed by atoms with van der Waals surface area (Å²) >= 11 is 0. The molecular formula is C50H52N2O5Si. The van der Waals surface area contributed by atoms with Gasteiger partial charge in [0.1, 0.15) is 5.75 Å². The SMILES string of the molecule is C/C(=C\c1ccccc1O)CC[C@H]1OC[C@H]2C1=C(CO[Si](c1ccccc1)(c1ccccc1)C(C)(C)C)C[C@H]1C(=O)N(c3ccc(Nc4ccccc4)cc3)C(=O)[C@H]12. The monoisotopic (exact) mass is 788 g/mol. The molecule has 5 aromatic carbocycles. The fourth-order valence-electron chi connectivity index (χ4n) is 9.50. The summed E-state index contributed by atoms with van der Waals surface area (Å²) in [5, 5.41) is 16.0. The number of aromatic hydroxyl groups is 1. The number of amides is 2. The van der Waals surface area contributed by atoms with Crippen molar-refractivity contribution in [2.24, 2.45) is 17.8 Å². The molecule has 2 saturated heterocycles. The number of hydrogen-bond acceptors (Lipinski definition) is 6.